The quantitative estimate of drug-likeness (QED) is 0.680. The maximum atomic E-state index is 4.18. The van der Waals surface area contributed by atoms with Gasteiger partial charge in [0.15, 0.2) is 0 Å². The maximum absolute atomic E-state index is 4.18. The number of nitrogens with zero attached hydrogens (tertiary/aromatic N) is 1. The predicted octanol–water partition coefficient (Wildman–Crippen LogP) is 4.48. The Morgan fingerprint density at radius 3 is 2.44 bits per heavy atom. The molecule has 1 aromatic rings. The largest absolute Gasteiger partial charge is 0.264 e. The molecule has 1 heteroatoms. The number of aromatic nitrogens is 1. The Morgan fingerprint density at radius 1 is 1.25 bits per heavy atom. The summed E-state index contributed by atoms with van der Waals surface area (Å²) in [5.74, 6) is 0. The lowest BCUT2D eigenvalue weighted by Crippen LogP contribution is -1.90. The van der Waals surface area contributed by atoms with Crippen molar-refractivity contribution in [2.75, 3.05) is 0 Å². The zero-order valence-electron chi connectivity index (χ0n) is 11.1. The molecule has 0 saturated heterocycles. The van der Waals surface area contributed by atoms with Gasteiger partial charge < -0.3 is 0 Å². The topological polar surface area (TPSA) is 12.9 Å². The van der Waals surface area contributed by atoms with Crippen LogP contribution >= 0.6 is 0 Å². The average Bonchev–Trinajstić information content (AvgIpc) is 2.31. The number of hydrogen-bond acceptors (Lipinski definition) is 1. The molecule has 0 amide bonds. The standard InChI is InChI=1S/C13H17N.C2H6/c1-4-6-12(5-2)8-13-7-11(3)9-14-10-13;1-2/h4-7,9-10H,8H2,1-3H3;1-2H3/b6-4-,12-5+;. The zero-order chi connectivity index (χ0) is 12.4. The van der Waals surface area contributed by atoms with Gasteiger partial charge in [-0.1, -0.05) is 38.1 Å². The van der Waals surface area contributed by atoms with Gasteiger partial charge in [0.1, 0.15) is 0 Å². The van der Waals surface area contributed by atoms with Gasteiger partial charge in [0, 0.05) is 12.4 Å². The van der Waals surface area contributed by atoms with E-state index in [-0.39, 0.29) is 0 Å². The molecular formula is C15H23N. The van der Waals surface area contributed by atoms with Crippen LogP contribution in [0.4, 0.5) is 0 Å². The Morgan fingerprint density at radius 2 is 1.94 bits per heavy atom. The van der Waals surface area contributed by atoms with Crippen molar-refractivity contribution in [2.24, 2.45) is 0 Å². The van der Waals surface area contributed by atoms with E-state index in [9.17, 15) is 0 Å². The van der Waals surface area contributed by atoms with Crippen molar-refractivity contribution in [2.45, 2.75) is 41.0 Å². The normalized spacial score (nSPS) is 11.2. The minimum atomic E-state index is 0.968. The van der Waals surface area contributed by atoms with E-state index in [4.69, 9.17) is 0 Å². The highest BCUT2D eigenvalue weighted by Crippen LogP contribution is 2.09. The summed E-state index contributed by atoms with van der Waals surface area (Å²) in [6.45, 7) is 10.2. The molecule has 88 valence electrons. The number of hydrogen-bond donors (Lipinski definition) is 0. The Labute approximate surface area is 99.9 Å². The van der Waals surface area contributed by atoms with Gasteiger partial charge in [-0.3, -0.25) is 4.98 Å². The molecule has 0 aromatic carbocycles. The second-order valence-corrected chi connectivity index (χ2v) is 3.41. The van der Waals surface area contributed by atoms with Crippen LogP contribution in [-0.4, -0.2) is 4.98 Å². The van der Waals surface area contributed by atoms with Crippen molar-refractivity contribution in [3.8, 4) is 0 Å². The van der Waals surface area contributed by atoms with E-state index in [1.807, 2.05) is 33.2 Å². The van der Waals surface area contributed by atoms with Crippen LogP contribution in [0.5, 0.6) is 0 Å². The molecule has 0 atom stereocenters. The van der Waals surface area contributed by atoms with E-state index in [0.717, 1.165) is 6.42 Å². The first-order chi connectivity index (χ1) is 7.76. The molecule has 0 radical (unpaired) electrons. The summed E-state index contributed by atoms with van der Waals surface area (Å²) in [5, 5.41) is 0. The first kappa shape index (κ1) is 14.6. The Hall–Kier alpha value is -1.37. The van der Waals surface area contributed by atoms with Crippen molar-refractivity contribution < 1.29 is 0 Å². The van der Waals surface area contributed by atoms with Crippen molar-refractivity contribution in [1.82, 2.24) is 4.98 Å². The van der Waals surface area contributed by atoms with Crippen LogP contribution in [0.1, 0.15) is 38.8 Å². The SMILES string of the molecule is C/C=C\C(=C/C)Cc1cncc(C)c1.CC. The van der Waals surface area contributed by atoms with E-state index in [0.29, 0.717) is 0 Å². The lowest BCUT2D eigenvalue weighted by atomic mass is 10.1. The summed E-state index contributed by atoms with van der Waals surface area (Å²) in [6, 6.07) is 2.18. The first-order valence-electron chi connectivity index (χ1n) is 5.94. The van der Waals surface area contributed by atoms with Crippen LogP contribution < -0.4 is 0 Å². The molecule has 0 aliphatic heterocycles. The van der Waals surface area contributed by atoms with Gasteiger partial charge in [-0.2, -0.15) is 0 Å². The summed E-state index contributed by atoms with van der Waals surface area (Å²) in [7, 11) is 0. The lowest BCUT2D eigenvalue weighted by Gasteiger charge is -2.02. The monoisotopic (exact) mass is 217 g/mol. The summed E-state index contributed by atoms with van der Waals surface area (Å²) < 4.78 is 0. The Bertz CT molecular complexity index is 348. The highest BCUT2D eigenvalue weighted by molar-refractivity contribution is 5.27. The fourth-order valence-electron chi connectivity index (χ4n) is 1.42. The van der Waals surface area contributed by atoms with Gasteiger partial charge in [0.05, 0.1) is 0 Å². The van der Waals surface area contributed by atoms with Gasteiger partial charge in [-0.25, -0.2) is 0 Å². The van der Waals surface area contributed by atoms with Crippen molar-refractivity contribution in [3.63, 3.8) is 0 Å². The third kappa shape index (κ3) is 5.50. The van der Waals surface area contributed by atoms with Gasteiger partial charge in [0.25, 0.3) is 0 Å². The molecule has 1 aromatic heterocycles. The molecule has 16 heavy (non-hydrogen) atoms. The van der Waals surface area contributed by atoms with E-state index in [1.165, 1.54) is 16.7 Å². The maximum Gasteiger partial charge on any atom is 0.0303 e. The van der Waals surface area contributed by atoms with E-state index >= 15 is 0 Å². The van der Waals surface area contributed by atoms with Crippen LogP contribution in [0.25, 0.3) is 0 Å². The Balaban J connectivity index is 0.00000106. The van der Waals surface area contributed by atoms with Gasteiger partial charge in [0.2, 0.25) is 0 Å². The molecule has 0 unspecified atom stereocenters. The second-order valence-electron chi connectivity index (χ2n) is 3.41. The molecule has 0 aliphatic carbocycles. The molecule has 0 spiro atoms. The van der Waals surface area contributed by atoms with Crippen molar-refractivity contribution in [1.29, 1.82) is 0 Å². The molecular weight excluding hydrogens is 194 g/mol. The minimum absolute atomic E-state index is 0.968. The third-order valence-electron chi connectivity index (χ3n) is 2.09. The van der Waals surface area contributed by atoms with E-state index in [1.54, 1.807) is 0 Å². The molecule has 0 bridgehead atoms. The third-order valence-corrected chi connectivity index (χ3v) is 2.09. The molecule has 1 heterocycles. The van der Waals surface area contributed by atoms with Crippen molar-refractivity contribution >= 4 is 0 Å². The highest BCUT2D eigenvalue weighted by atomic mass is 14.6. The summed E-state index contributed by atoms with van der Waals surface area (Å²) in [5.41, 5.74) is 3.83. The number of allylic oxidation sites excluding steroid dienone is 4. The van der Waals surface area contributed by atoms with Gasteiger partial charge in [-0.15, -0.1) is 0 Å². The molecule has 1 nitrogen and oxygen atoms in total. The van der Waals surface area contributed by atoms with Gasteiger partial charge >= 0.3 is 0 Å². The zero-order valence-corrected chi connectivity index (χ0v) is 11.1. The molecule has 0 aliphatic rings. The van der Waals surface area contributed by atoms with Crippen LogP contribution in [0.2, 0.25) is 0 Å². The second kappa shape index (κ2) is 8.90. The van der Waals surface area contributed by atoms with Crippen molar-refractivity contribution in [3.05, 3.63) is 53.4 Å². The lowest BCUT2D eigenvalue weighted by molar-refractivity contribution is 1.12. The van der Waals surface area contributed by atoms with Crippen LogP contribution in [0, 0.1) is 6.92 Å². The molecule has 0 fully saturated rings. The molecule has 0 N–H and O–H groups in total. The fourth-order valence-corrected chi connectivity index (χ4v) is 1.42. The average molecular weight is 217 g/mol. The van der Waals surface area contributed by atoms with E-state index in [2.05, 4.69) is 43.1 Å². The summed E-state index contributed by atoms with van der Waals surface area (Å²) in [6.07, 6.45) is 11.1. The van der Waals surface area contributed by atoms with Crippen LogP contribution in [0.15, 0.2) is 42.3 Å². The molecule has 1 rings (SSSR count). The highest BCUT2D eigenvalue weighted by Gasteiger charge is 1.96. The van der Waals surface area contributed by atoms with E-state index < -0.39 is 0 Å². The van der Waals surface area contributed by atoms with Gasteiger partial charge in [-0.05, 0) is 43.9 Å². The minimum Gasteiger partial charge on any atom is -0.264 e. The first-order valence-corrected chi connectivity index (χ1v) is 5.94. The number of pyridine rings is 1. The van der Waals surface area contributed by atoms with Crippen LogP contribution in [0.3, 0.4) is 0 Å². The molecule has 0 saturated carbocycles. The van der Waals surface area contributed by atoms with Crippen LogP contribution in [-0.2, 0) is 6.42 Å². The Kier molecular flexibility index (Phi) is 8.14. The fraction of sp³-hybridized carbons (Fsp3) is 0.400. The predicted molar refractivity (Wildman–Crippen MR) is 72.6 cm³/mol. The number of aryl methyl sites for hydroxylation is 1. The summed E-state index contributed by atoms with van der Waals surface area (Å²) >= 11 is 0. The summed E-state index contributed by atoms with van der Waals surface area (Å²) in [4.78, 5) is 4.18. The number of rotatable bonds is 3. The smallest absolute Gasteiger partial charge is 0.0303 e.